The number of furan rings is 2. The molecule has 1 fully saturated rings. The van der Waals surface area contributed by atoms with E-state index in [-0.39, 0.29) is 0 Å². The molecule has 2 aromatic carbocycles. The van der Waals surface area contributed by atoms with Crippen molar-refractivity contribution >= 4 is 26.8 Å². The SMILES string of the molecule is CCCCN(P(c1ccoc1)c1ccoc1)P1C(c2ccccc2)CCC1c1ccccc1. The van der Waals surface area contributed by atoms with E-state index in [2.05, 4.69) is 84.2 Å². The van der Waals surface area contributed by atoms with Crippen LogP contribution in [0.4, 0.5) is 0 Å². The largest absolute Gasteiger partial charge is 0.472 e. The van der Waals surface area contributed by atoms with Crippen LogP contribution in [0.1, 0.15) is 55.1 Å². The summed E-state index contributed by atoms with van der Waals surface area (Å²) in [6.07, 6.45) is 12.4. The summed E-state index contributed by atoms with van der Waals surface area (Å²) in [6, 6.07) is 26.7. The van der Waals surface area contributed by atoms with Gasteiger partial charge in [0.05, 0.1) is 25.1 Å². The maximum atomic E-state index is 5.60. The van der Waals surface area contributed by atoms with E-state index in [0.29, 0.717) is 11.3 Å². The molecule has 3 heterocycles. The Morgan fingerprint density at radius 1 is 0.788 bits per heavy atom. The third kappa shape index (κ3) is 4.87. The number of nitrogens with zero attached hydrogens (tertiary/aromatic N) is 1. The van der Waals surface area contributed by atoms with E-state index in [1.807, 2.05) is 25.1 Å². The molecule has 2 aromatic heterocycles. The van der Waals surface area contributed by atoms with Crippen molar-refractivity contribution in [2.45, 2.75) is 43.9 Å². The van der Waals surface area contributed by atoms with E-state index in [9.17, 15) is 0 Å². The molecule has 0 spiro atoms. The lowest BCUT2D eigenvalue weighted by Gasteiger charge is -2.41. The predicted octanol–water partition coefficient (Wildman–Crippen LogP) is 8.00. The second kappa shape index (κ2) is 10.8. The zero-order valence-corrected chi connectivity index (χ0v) is 20.9. The molecule has 5 heteroatoms. The van der Waals surface area contributed by atoms with Gasteiger partial charge in [0, 0.05) is 36.5 Å². The molecule has 5 rings (SSSR count). The molecule has 0 radical (unpaired) electrons. The Balaban J connectivity index is 1.63. The number of unbranched alkanes of at least 4 members (excludes halogenated alkanes) is 1. The molecule has 2 unspecified atom stereocenters. The molecule has 3 nitrogen and oxygen atoms in total. The van der Waals surface area contributed by atoms with Crippen LogP contribution in [0.5, 0.6) is 0 Å². The summed E-state index contributed by atoms with van der Waals surface area (Å²) in [5, 5.41) is 2.55. The van der Waals surface area contributed by atoms with Gasteiger partial charge in [0.15, 0.2) is 0 Å². The highest BCUT2D eigenvalue weighted by Gasteiger charge is 2.44. The van der Waals surface area contributed by atoms with Gasteiger partial charge in [-0.15, -0.1) is 0 Å². The quantitative estimate of drug-likeness (QED) is 0.230. The summed E-state index contributed by atoms with van der Waals surface area (Å²) in [4.78, 5) is 0. The molecular formula is C28H31NO2P2. The van der Waals surface area contributed by atoms with Gasteiger partial charge in [0.2, 0.25) is 0 Å². The molecular weight excluding hydrogens is 444 g/mol. The normalized spacial score (nSPS) is 20.6. The van der Waals surface area contributed by atoms with Gasteiger partial charge in [-0.1, -0.05) is 74.0 Å². The Morgan fingerprint density at radius 2 is 1.30 bits per heavy atom. The lowest BCUT2D eigenvalue weighted by Crippen LogP contribution is -2.26. The van der Waals surface area contributed by atoms with E-state index >= 15 is 0 Å². The Bertz CT molecular complexity index is 1000. The summed E-state index contributed by atoms with van der Waals surface area (Å²) in [5.74, 6) is 0. The molecule has 0 N–H and O–H groups in total. The molecule has 0 saturated carbocycles. The van der Waals surface area contributed by atoms with E-state index < -0.39 is 16.1 Å². The van der Waals surface area contributed by atoms with Gasteiger partial charge in [-0.05, 0) is 50.6 Å². The minimum atomic E-state index is -0.722. The fourth-order valence-electron chi connectivity index (χ4n) is 4.90. The monoisotopic (exact) mass is 475 g/mol. The van der Waals surface area contributed by atoms with Crippen LogP contribution in [0.25, 0.3) is 0 Å². The fraction of sp³-hybridized carbons (Fsp3) is 0.286. The minimum absolute atomic E-state index is 0.470. The first-order chi connectivity index (χ1) is 16.4. The zero-order valence-electron chi connectivity index (χ0n) is 19.1. The number of benzene rings is 2. The molecule has 170 valence electrons. The van der Waals surface area contributed by atoms with Crippen molar-refractivity contribution in [1.29, 1.82) is 0 Å². The average molecular weight is 476 g/mol. The first-order valence-corrected chi connectivity index (χ1v) is 14.6. The van der Waals surface area contributed by atoms with Crippen molar-refractivity contribution in [3.05, 3.63) is 109 Å². The Kier molecular flexibility index (Phi) is 7.42. The summed E-state index contributed by atoms with van der Waals surface area (Å²) in [5.41, 5.74) is 4.09. The predicted molar refractivity (Wildman–Crippen MR) is 140 cm³/mol. The molecule has 0 bridgehead atoms. The molecule has 1 saturated heterocycles. The smallest absolute Gasteiger partial charge is 0.0995 e. The van der Waals surface area contributed by atoms with Gasteiger partial charge in [-0.2, -0.15) is 0 Å². The van der Waals surface area contributed by atoms with Crippen LogP contribution >= 0.6 is 16.1 Å². The first kappa shape index (κ1) is 22.6. The van der Waals surface area contributed by atoms with Crippen LogP contribution in [0.2, 0.25) is 0 Å². The molecule has 0 aliphatic carbocycles. The lowest BCUT2D eigenvalue weighted by atomic mass is 10.0. The van der Waals surface area contributed by atoms with Gasteiger partial charge < -0.3 is 8.83 Å². The van der Waals surface area contributed by atoms with Gasteiger partial charge in [-0.25, -0.2) is 0 Å². The molecule has 1 aliphatic rings. The standard InChI is InChI=1S/C28H31NO2P2/c1-2-3-18-29(32(25-16-19-30-21-25)26-17-20-31-22-26)33-27(23-10-6-4-7-11-23)14-15-28(33)24-12-8-5-9-13-24/h4-13,16-17,19-22,27-28H,2-3,14-15,18H2,1H3. The van der Waals surface area contributed by atoms with Crippen molar-refractivity contribution < 1.29 is 8.83 Å². The lowest BCUT2D eigenvalue weighted by molar-refractivity contribution is 0.568. The first-order valence-electron chi connectivity index (χ1n) is 11.9. The molecule has 0 amide bonds. The second-order valence-corrected chi connectivity index (χ2v) is 13.5. The zero-order chi connectivity index (χ0) is 22.5. The second-order valence-electron chi connectivity index (χ2n) is 8.53. The summed E-state index contributed by atoms with van der Waals surface area (Å²) < 4.78 is 14.1. The highest BCUT2D eigenvalue weighted by atomic mass is 31.2. The number of hydrogen-bond acceptors (Lipinski definition) is 3. The van der Waals surface area contributed by atoms with Crippen LogP contribution in [0.3, 0.4) is 0 Å². The van der Waals surface area contributed by atoms with Crippen LogP contribution in [-0.4, -0.2) is 11.0 Å². The van der Waals surface area contributed by atoms with Crippen molar-refractivity contribution in [2.24, 2.45) is 0 Å². The average Bonchev–Trinajstić information content (AvgIpc) is 3.65. The van der Waals surface area contributed by atoms with Crippen molar-refractivity contribution in [1.82, 2.24) is 4.44 Å². The van der Waals surface area contributed by atoms with Crippen LogP contribution < -0.4 is 10.6 Å². The maximum absolute atomic E-state index is 5.60. The fourth-order valence-corrected chi connectivity index (χ4v) is 12.2. The maximum Gasteiger partial charge on any atom is 0.0995 e. The number of hydrogen-bond donors (Lipinski definition) is 0. The topological polar surface area (TPSA) is 29.5 Å². The highest BCUT2D eigenvalue weighted by Crippen LogP contribution is 2.76. The summed E-state index contributed by atoms with van der Waals surface area (Å²) in [7, 11) is -1.19. The number of rotatable bonds is 9. The van der Waals surface area contributed by atoms with E-state index in [1.54, 1.807) is 0 Å². The van der Waals surface area contributed by atoms with Gasteiger partial charge in [0.1, 0.15) is 0 Å². The third-order valence-corrected chi connectivity index (χ3v) is 12.9. The molecule has 1 aliphatic heterocycles. The summed E-state index contributed by atoms with van der Waals surface area (Å²) >= 11 is 0. The van der Waals surface area contributed by atoms with Gasteiger partial charge in [0.25, 0.3) is 0 Å². The molecule has 2 atom stereocenters. The Morgan fingerprint density at radius 3 is 1.73 bits per heavy atom. The van der Waals surface area contributed by atoms with Crippen molar-refractivity contribution in [3.8, 4) is 0 Å². The Hall–Kier alpha value is -2.18. The van der Waals surface area contributed by atoms with E-state index in [0.717, 1.165) is 6.54 Å². The van der Waals surface area contributed by atoms with Gasteiger partial charge >= 0.3 is 0 Å². The van der Waals surface area contributed by atoms with Crippen LogP contribution in [0, 0.1) is 0 Å². The van der Waals surface area contributed by atoms with Crippen LogP contribution in [-0.2, 0) is 0 Å². The Labute approximate surface area is 199 Å². The molecule has 33 heavy (non-hydrogen) atoms. The van der Waals surface area contributed by atoms with Crippen molar-refractivity contribution in [3.63, 3.8) is 0 Å². The summed E-state index contributed by atoms with van der Waals surface area (Å²) in [6.45, 7) is 3.39. The van der Waals surface area contributed by atoms with Crippen molar-refractivity contribution in [2.75, 3.05) is 6.54 Å². The highest BCUT2D eigenvalue weighted by molar-refractivity contribution is 7.79. The van der Waals surface area contributed by atoms with Crippen LogP contribution in [0.15, 0.2) is 107 Å². The molecule has 4 aromatic rings. The minimum Gasteiger partial charge on any atom is -0.472 e. The van der Waals surface area contributed by atoms with E-state index in [1.165, 1.54) is 47.4 Å². The van der Waals surface area contributed by atoms with E-state index in [4.69, 9.17) is 8.83 Å². The van der Waals surface area contributed by atoms with Gasteiger partial charge in [-0.3, -0.25) is 4.44 Å². The third-order valence-electron chi connectivity index (χ3n) is 6.43.